The quantitative estimate of drug-likeness (QED) is 0.439. The molecule has 0 radical (unpaired) electrons. The van der Waals surface area contributed by atoms with Crippen molar-refractivity contribution in [3.63, 3.8) is 0 Å². The van der Waals surface area contributed by atoms with Crippen LogP contribution in [0, 0.1) is 0 Å². The molecule has 0 unspecified atom stereocenters. The smallest absolute Gasteiger partial charge is 0.0982 e. The molecule has 0 aromatic heterocycles. The van der Waals surface area contributed by atoms with E-state index in [0.29, 0.717) is 0 Å². The molecule has 1 fully saturated rings. The largest absolute Gasteiger partial charge is 0.748 e. The molecule has 4 nitrogen and oxygen atoms in total. The number of likely N-dealkylation sites (tertiary alicyclic amines) is 1. The van der Waals surface area contributed by atoms with Gasteiger partial charge in [0.15, 0.2) is 0 Å². The van der Waals surface area contributed by atoms with Crippen molar-refractivity contribution in [2.75, 3.05) is 32.4 Å². The molecule has 0 aliphatic carbocycles. The summed E-state index contributed by atoms with van der Waals surface area (Å²) in [6.45, 7) is 9.63. The molecule has 1 heterocycles. The fourth-order valence-electron chi connectivity index (χ4n) is 2.18. The van der Waals surface area contributed by atoms with Gasteiger partial charge in [-0.25, -0.2) is 8.42 Å². The fourth-order valence-corrected chi connectivity index (χ4v) is 2.47. The molecule has 1 aliphatic rings. The first-order valence-electron chi connectivity index (χ1n) is 6.71. The number of hydrogen-bond donors (Lipinski definition) is 0. The van der Waals surface area contributed by atoms with Crippen molar-refractivity contribution in [1.29, 1.82) is 0 Å². The molecule has 1 rings (SSSR count). The molecule has 18 heavy (non-hydrogen) atoms. The highest BCUT2D eigenvalue weighted by atomic mass is 32.2. The maximum atomic E-state index is 9.60. The molecule has 0 amide bonds. The van der Waals surface area contributed by atoms with Gasteiger partial charge < -0.3 is 9.04 Å². The molecule has 0 N–H and O–H groups in total. The Morgan fingerprint density at radius 2 is 1.83 bits per heavy atom. The van der Waals surface area contributed by atoms with Crippen molar-refractivity contribution in [2.45, 2.75) is 39.0 Å². The lowest BCUT2D eigenvalue weighted by atomic mass is 10.1. The number of piperidine rings is 1. The van der Waals surface area contributed by atoms with Crippen molar-refractivity contribution >= 4 is 10.1 Å². The highest BCUT2D eigenvalue weighted by Crippen LogP contribution is 2.16. The number of hydrogen-bond acceptors (Lipinski definition) is 3. The third-order valence-corrected chi connectivity index (χ3v) is 3.91. The second kappa shape index (κ2) is 8.67. The first kappa shape index (κ1) is 17.6. The van der Waals surface area contributed by atoms with Gasteiger partial charge in [0.05, 0.1) is 42.6 Å². The molecular formula is C13H27NO3S. The zero-order valence-corrected chi connectivity index (χ0v) is 12.5. The minimum Gasteiger partial charge on any atom is -0.748 e. The zero-order chi connectivity index (χ0) is 14.1. The Kier molecular flexibility index (Phi) is 8.48. The molecule has 1 aliphatic heterocycles. The minimum atomic E-state index is -4.04. The first-order valence-corrected chi connectivity index (χ1v) is 8.29. The minimum absolute atomic E-state index is 0.479. The van der Waals surface area contributed by atoms with Crippen LogP contribution in [0.5, 0.6) is 0 Å². The average Bonchev–Trinajstić information content (AvgIpc) is 2.27. The van der Waals surface area contributed by atoms with Crippen molar-refractivity contribution < 1.29 is 17.5 Å². The second-order valence-corrected chi connectivity index (χ2v) is 6.67. The second-order valence-electron chi connectivity index (χ2n) is 5.22. The van der Waals surface area contributed by atoms with E-state index in [1.165, 1.54) is 56.2 Å². The van der Waals surface area contributed by atoms with Crippen molar-refractivity contribution in [2.24, 2.45) is 0 Å². The van der Waals surface area contributed by atoms with Crippen LogP contribution in [0.15, 0.2) is 12.7 Å². The molecule has 0 spiro atoms. The normalized spacial score (nSPS) is 18.6. The van der Waals surface area contributed by atoms with Gasteiger partial charge in [-0.15, -0.1) is 6.58 Å². The van der Waals surface area contributed by atoms with Gasteiger partial charge in [-0.1, -0.05) is 19.4 Å². The van der Waals surface area contributed by atoms with Crippen LogP contribution in [0.1, 0.15) is 39.0 Å². The Bertz CT molecular complexity index is 319. The summed E-state index contributed by atoms with van der Waals surface area (Å²) in [6, 6.07) is 0. The standard InChI is InChI=1S/C10H22N.C3H6O3S/c1-3-4-8-11(2)9-6-5-7-10-11;1-2-3-7(4,5)6/h3-10H2,1-2H3;2H,1,3H2,(H,4,5,6)/q+1;/p-1. The van der Waals surface area contributed by atoms with Crippen LogP contribution in [-0.4, -0.2) is 49.9 Å². The van der Waals surface area contributed by atoms with Crippen molar-refractivity contribution in [3.8, 4) is 0 Å². The van der Waals surface area contributed by atoms with Gasteiger partial charge in [0.2, 0.25) is 0 Å². The van der Waals surface area contributed by atoms with Crippen LogP contribution in [-0.2, 0) is 10.1 Å². The Morgan fingerprint density at radius 1 is 1.28 bits per heavy atom. The predicted molar refractivity (Wildman–Crippen MR) is 74.3 cm³/mol. The lowest BCUT2D eigenvalue weighted by molar-refractivity contribution is -0.914. The Balaban J connectivity index is 0.000000360. The number of unbranched alkanes of at least 4 members (excludes halogenated alkanes) is 1. The monoisotopic (exact) mass is 277 g/mol. The molecule has 5 heteroatoms. The predicted octanol–water partition coefficient (Wildman–Crippen LogP) is 2.13. The van der Waals surface area contributed by atoms with Gasteiger partial charge in [-0.3, -0.25) is 0 Å². The van der Waals surface area contributed by atoms with Crippen LogP contribution in [0.2, 0.25) is 0 Å². The van der Waals surface area contributed by atoms with Gasteiger partial charge in [0, 0.05) is 0 Å². The lowest BCUT2D eigenvalue weighted by Gasteiger charge is -2.37. The summed E-state index contributed by atoms with van der Waals surface area (Å²) < 4.78 is 30.2. The van der Waals surface area contributed by atoms with Crippen molar-refractivity contribution in [3.05, 3.63) is 12.7 Å². The first-order chi connectivity index (χ1) is 8.33. The summed E-state index contributed by atoms with van der Waals surface area (Å²) in [7, 11) is -1.62. The molecule has 0 atom stereocenters. The topological polar surface area (TPSA) is 57.2 Å². The van der Waals surface area contributed by atoms with E-state index >= 15 is 0 Å². The van der Waals surface area contributed by atoms with Gasteiger partial charge in [0.25, 0.3) is 0 Å². The third-order valence-electron chi connectivity index (χ3n) is 3.27. The van der Waals surface area contributed by atoms with E-state index in [4.69, 9.17) is 0 Å². The Labute approximate surface area is 112 Å². The van der Waals surface area contributed by atoms with Gasteiger partial charge in [0.1, 0.15) is 0 Å². The summed E-state index contributed by atoms with van der Waals surface area (Å²) in [5.41, 5.74) is 0. The Morgan fingerprint density at radius 3 is 2.17 bits per heavy atom. The summed E-state index contributed by atoms with van der Waals surface area (Å²) in [5, 5.41) is 0. The molecule has 0 aromatic carbocycles. The lowest BCUT2D eigenvalue weighted by Crippen LogP contribution is -2.48. The maximum Gasteiger partial charge on any atom is 0.0982 e. The van der Waals surface area contributed by atoms with Crippen LogP contribution in [0.3, 0.4) is 0 Å². The van der Waals surface area contributed by atoms with Gasteiger partial charge in [-0.05, 0) is 25.7 Å². The molecular weight excluding hydrogens is 250 g/mol. The SMILES string of the molecule is C=CCS(=O)(=O)[O-].CCCC[N+]1(C)CCCCC1. The van der Waals surface area contributed by atoms with Crippen LogP contribution in [0.4, 0.5) is 0 Å². The van der Waals surface area contributed by atoms with Crippen molar-refractivity contribution in [1.82, 2.24) is 0 Å². The molecule has 108 valence electrons. The van der Waals surface area contributed by atoms with E-state index in [-0.39, 0.29) is 0 Å². The van der Waals surface area contributed by atoms with Gasteiger partial charge in [-0.2, -0.15) is 0 Å². The highest BCUT2D eigenvalue weighted by molar-refractivity contribution is 7.85. The maximum absolute atomic E-state index is 9.60. The van der Waals surface area contributed by atoms with Crippen LogP contribution >= 0.6 is 0 Å². The number of quaternary nitrogens is 1. The van der Waals surface area contributed by atoms with E-state index in [1.807, 2.05) is 0 Å². The van der Waals surface area contributed by atoms with Crippen LogP contribution in [0.25, 0.3) is 0 Å². The van der Waals surface area contributed by atoms with E-state index in [2.05, 4.69) is 20.6 Å². The molecule has 0 bridgehead atoms. The van der Waals surface area contributed by atoms with E-state index in [9.17, 15) is 13.0 Å². The fraction of sp³-hybridized carbons (Fsp3) is 0.846. The van der Waals surface area contributed by atoms with E-state index < -0.39 is 15.9 Å². The van der Waals surface area contributed by atoms with Crippen LogP contribution < -0.4 is 0 Å². The zero-order valence-electron chi connectivity index (χ0n) is 11.7. The van der Waals surface area contributed by atoms with E-state index in [0.717, 1.165) is 6.08 Å². The van der Waals surface area contributed by atoms with Gasteiger partial charge >= 0.3 is 0 Å². The summed E-state index contributed by atoms with van der Waals surface area (Å²) in [4.78, 5) is 0. The van der Waals surface area contributed by atoms with E-state index in [1.54, 1.807) is 0 Å². The number of nitrogens with zero attached hydrogens (tertiary/aromatic N) is 1. The summed E-state index contributed by atoms with van der Waals surface area (Å²) in [5.74, 6) is -0.479. The molecule has 0 aromatic rings. The third kappa shape index (κ3) is 9.62. The average molecular weight is 277 g/mol. The summed E-state index contributed by atoms with van der Waals surface area (Å²) in [6.07, 6.45) is 8.22. The molecule has 0 saturated carbocycles. The highest BCUT2D eigenvalue weighted by Gasteiger charge is 2.23. The summed E-state index contributed by atoms with van der Waals surface area (Å²) >= 11 is 0. The number of rotatable bonds is 5. The molecule has 1 saturated heterocycles. The Hall–Kier alpha value is -0.390.